The van der Waals surface area contributed by atoms with Gasteiger partial charge in [0.15, 0.2) is 11.4 Å². The van der Waals surface area contributed by atoms with Gasteiger partial charge in [-0.2, -0.15) is 13.2 Å². The molecule has 0 aliphatic carbocycles. The maximum Gasteiger partial charge on any atom is 0.417 e. The van der Waals surface area contributed by atoms with Crippen LogP contribution in [0, 0.1) is 0 Å². The average Bonchev–Trinajstić information content (AvgIpc) is 3.20. The van der Waals surface area contributed by atoms with Gasteiger partial charge < -0.3 is 14.1 Å². The summed E-state index contributed by atoms with van der Waals surface area (Å²) in [7, 11) is 0. The number of carbonyl (C=O) groups excluding carboxylic acids is 2. The monoisotopic (exact) mass is 477 g/mol. The van der Waals surface area contributed by atoms with Crippen molar-refractivity contribution in [2.75, 3.05) is 32.7 Å². The summed E-state index contributed by atoms with van der Waals surface area (Å²) in [6.07, 6.45) is -4.66. The highest BCUT2D eigenvalue weighted by molar-refractivity contribution is 5.98. The Labute approximate surface area is 191 Å². The van der Waals surface area contributed by atoms with Crippen LogP contribution in [0.15, 0.2) is 51.7 Å². The lowest BCUT2D eigenvalue weighted by atomic mass is 10.1. The van der Waals surface area contributed by atoms with Crippen LogP contribution >= 0.6 is 0 Å². The Morgan fingerprint density at radius 3 is 2.41 bits per heavy atom. The number of ether oxygens (including phenoxy) is 1. The maximum atomic E-state index is 12.6. The first-order valence-corrected chi connectivity index (χ1v) is 10.7. The smallest absolute Gasteiger partial charge is 0.417 e. The van der Waals surface area contributed by atoms with E-state index in [1.54, 1.807) is 18.2 Å². The number of hydrogen-bond donors (Lipinski definition) is 1. The molecule has 1 aromatic heterocycles. The molecule has 0 atom stereocenters. The van der Waals surface area contributed by atoms with Gasteiger partial charge in [0.25, 0.3) is 0 Å². The Morgan fingerprint density at radius 2 is 1.74 bits per heavy atom. The van der Waals surface area contributed by atoms with Gasteiger partial charge >= 0.3 is 18.0 Å². The summed E-state index contributed by atoms with van der Waals surface area (Å²) in [6.45, 7) is 2.36. The summed E-state index contributed by atoms with van der Waals surface area (Å²) in [5.41, 5.74) is 1.03. The molecule has 8 nitrogen and oxygen atoms in total. The lowest BCUT2D eigenvalue weighted by Crippen LogP contribution is -2.49. The van der Waals surface area contributed by atoms with Crippen LogP contribution in [0.4, 0.5) is 18.0 Å². The number of nitrogens with zero attached hydrogens (tertiary/aromatic N) is 2. The zero-order chi connectivity index (χ0) is 24.3. The van der Waals surface area contributed by atoms with Crippen molar-refractivity contribution in [3.63, 3.8) is 0 Å². The zero-order valence-corrected chi connectivity index (χ0v) is 18.1. The molecule has 1 fully saturated rings. The first kappa shape index (κ1) is 23.6. The molecule has 1 saturated heterocycles. The van der Waals surface area contributed by atoms with Crippen molar-refractivity contribution < 1.29 is 31.9 Å². The molecule has 0 bridgehead atoms. The number of Topliss-reactive ketones (excluding diaryl/α,β-unsaturated/α-hetero) is 1. The molecule has 3 aromatic rings. The van der Waals surface area contributed by atoms with E-state index >= 15 is 0 Å². The van der Waals surface area contributed by atoms with Gasteiger partial charge in [-0.1, -0.05) is 12.1 Å². The van der Waals surface area contributed by atoms with Gasteiger partial charge in [-0.25, -0.2) is 9.59 Å². The first-order chi connectivity index (χ1) is 16.2. The minimum Gasteiger partial charge on any atom is -0.445 e. The molecule has 0 radical (unpaired) electrons. The summed E-state index contributed by atoms with van der Waals surface area (Å²) in [6, 6.07) is 9.29. The molecular formula is C23H22F3N3O5. The van der Waals surface area contributed by atoms with Crippen LogP contribution in [0.25, 0.3) is 11.1 Å². The van der Waals surface area contributed by atoms with Crippen LogP contribution in [0.5, 0.6) is 0 Å². The Hall–Kier alpha value is -3.60. The number of oxazole rings is 1. The van der Waals surface area contributed by atoms with Gasteiger partial charge in [0.05, 0.1) is 11.1 Å². The molecule has 0 unspecified atom stereocenters. The molecule has 2 heterocycles. The fraction of sp³-hybridized carbons (Fsp3) is 0.348. The highest BCUT2D eigenvalue weighted by atomic mass is 19.4. The number of halogens is 3. The fourth-order valence-corrected chi connectivity index (χ4v) is 3.70. The van der Waals surface area contributed by atoms with Crippen LogP contribution in [-0.2, 0) is 17.5 Å². The molecule has 0 spiro atoms. The second kappa shape index (κ2) is 9.72. The molecule has 1 amide bonds. The predicted octanol–water partition coefficient (Wildman–Crippen LogP) is 3.67. The fourth-order valence-electron chi connectivity index (χ4n) is 3.70. The van der Waals surface area contributed by atoms with E-state index in [-0.39, 0.29) is 18.8 Å². The van der Waals surface area contributed by atoms with Crippen LogP contribution < -0.4 is 5.76 Å². The van der Waals surface area contributed by atoms with Gasteiger partial charge in [0.2, 0.25) is 0 Å². The zero-order valence-electron chi connectivity index (χ0n) is 18.1. The number of alkyl halides is 3. The van der Waals surface area contributed by atoms with Crippen molar-refractivity contribution in [1.29, 1.82) is 0 Å². The minimum absolute atomic E-state index is 0.0795. The highest BCUT2D eigenvalue weighted by Gasteiger charge is 2.30. The maximum absolute atomic E-state index is 12.6. The Morgan fingerprint density at radius 1 is 1.03 bits per heavy atom. The highest BCUT2D eigenvalue weighted by Crippen LogP contribution is 2.29. The van der Waals surface area contributed by atoms with E-state index in [4.69, 9.17) is 9.15 Å². The van der Waals surface area contributed by atoms with Crippen LogP contribution in [-0.4, -0.2) is 59.4 Å². The summed E-state index contributed by atoms with van der Waals surface area (Å²) >= 11 is 0. The summed E-state index contributed by atoms with van der Waals surface area (Å²) in [4.78, 5) is 42.1. The number of carbonyl (C=O) groups is 2. The van der Waals surface area contributed by atoms with Crippen molar-refractivity contribution in [2.45, 2.75) is 19.2 Å². The number of hydrogen-bond acceptors (Lipinski definition) is 6. The lowest BCUT2D eigenvalue weighted by molar-refractivity contribution is -0.137. The van der Waals surface area contributed by atoms with Gasteiger partial charge in [-0.15, -0.1) is 0 Å². The van der Waals surface area contributed by atoms with Crippen molar-refractivity contribution >= 4 is 23.0 Å². The lowest BCUT2D eigenvalue weighted by Gasteiger charge is -2.33. The number of nitrogens with one attached hydrogen (secondary N) is 1. The largest absolute Gasteiger partial charge is 0.445 e. The number of aromatic nitrogens is 1. The second-order valence-electron chi connectivity index (χ2n) is 7.98. The number of amides is 1. The van der Waals surface area contributed by atoms with Crippen LogP contribution in [0.1, 0.15) is 27.9 Å². The van der Waals surface area contributed by atoms with E-state index in [1.807, 2.05) is 0 Å². The standard InChI is InChI=1S/C23H22F3N3O5/c24-23(25,26)17-4-1-15(2-5-17)14-33-22(32)29-11-9-28(10-12-29)8-7-19(30)16-3-6-18-20(13-16)34-21(31)27-18/h1-6,13H,7-12,14H2,(H,27,31). The third kappa shape index (κ3) is 5.66. The minimum atomic E-state index is -4.41. The normalized spacial score (nSPS) is 15.0. The van der Waals surface area contributed by atoms with Gasteiger partial charge in [0, 0.05) is 44.7 Å². The Bertz CT molecular complexity index is 1230. The van der Waals surface area contributed by atoms with Crippen LogP contribution in [0.3, 0.4) is 0 Å². The topological polar surface area (TPSA) is 95.9 Å². The number of ketones is 1. The Balaban J connectivity index is 1.20. The molecule has 1 aliphatic rings. The van der Waals surface area contributed by atoms with Crippen molar-refractivity contribution in [3.8, 4) is 0 Å². The number of benzene rings is 2. The molecule has 4 rings (SSSR count). The number of aromatic amines is 1. The molecule has 11 heteroatoms. The van der Waals surface area contributed by atoms with Crippen molar-refractivity contribution in [3.05, 3.63) is 69.7 Å². The molecular weight excluding hydrogens is 455 g/mol. The van der Waals surface area contributed by atoms with E-state index < -0.39 is 23.6 Å². The molecule has 1 aliphatic heterocycles. The third-order valence-corrected chi connectivity index (χ3v) is 5.67. The van der Waals surface area contributed by atoms with Crippen LogP contribution in [0.2, 0.25) is 0 Å². The molecule has 1 N–H and O–H groups in total. The molecule has 180 valence electrons. The summed E-state index contributed by atoms with van der Waals surface area (Å²) in [5.74, 6) is -0.653. The Kier molecular flexibility index (Phi) is 6.73. The molecule has 0 saturated carbocycles. The van der Waals surface area contributed by atoms with E-state index in [0.29, 0.717) is 55.0 Å². The SMILES string of the molecule is O=C(CCN1CCN(C(=O)OCc2ccc(C(F)(F)F)cc2)CC1)c1ccc2[nH]c(=O)oc2c1. The number of piperazine rings is 1. The molecule has 34 heavy (non-hydrogen) atoms. The summed E-state index contributed by atoms with van der Waals surface area (Å²) < 4.78 is 48.1. The average molecular weight is 477 g/mol. The second-order valence-corrected chi connectivity index (χ2v) is 7.98. The first-order valence-electron chi connectivity index (χ1n) is 10.7. The number of fused-ring (bicyclic) bond motifs is 1. The predicted molar refractivity (Wildman–Crippen MR) is 115 cm³/mol. The number of H-pyrrole nitrogens is 1. The van der Waals surface area contributed by atoms with Gasteiger partial charge in [-0.05, 0) is 35.9 Å². The van der Waals surface area contributed by atoms with E-state index in [1.165, 1.54) is 17.0 Å². The van der Waals surface area contributed by atoms with Gasteiger partial charge in [-0.3, -0.25) is 14.7 Å². The molecule has 2 aromatic carbocycles. The van der Waals surface area contributed by atoms with Crippen molar-refractivity contribution in [2.24, 2.45) is 0 Å². The van der Waals surface area contributed by atoms with E-state index in [0.717, 1.165) is 12.1 Å². The quantitative estimate of drug-likeness (QED) is 0.545. The van der Waals surface area contributed by atoms with Gasteiger partial charge in [0.1, 0.15) is 6.61 Å². The van der Waals surface area contributed by atoms with E-state index in [9.17, 15) is 27.6 Å². The summed E-state index contributed by atoms with van der Waals surface area (Å²) in [5, 5.41) is 0. The van der Waals surface area contributed by atoms with Crippen molar-refractivity contribution in [1.82, 2.24) is 14.8 Å². The third-order valence-electron chi connectivity index (χ3n) is 5.67. The number of rotatable bonds is 6. The van der Waals surface area contributed by atoms with E-state index in [2.05, 4.69) is 9.88 Å².